The number of carbonyl (C=O) groups is 3. The number of amides is 2. The Kier molecular flexibility index (Phi) is 10.4. The Morgan fingerprint density at radius 1 is 1.06 bits per heavy atom. The molecular formula is C27H36N4O4. The van der Waals surface area contributed by atoms with Crippen molar-refractivity contribution in [3.63, 3.8) is 0 Å². The van der Waals surface area contributed by atoms with E-state index in [9.17, 15) is 19.5 Å². The summed E-state index contributed by atoms with van der Waals surface area (Å²) in [5, 5.41) is 15.7. The van der Waals surface area contributed by atoms with Crippen LogP contribution in [0, 0.1) is 5.92 Å². The predicted octanol–water partition coefficient (Wildman–Crippen LogP) is 1.48. The highest BCUT2D eigenvalue weighted by Crippen LogP contribution is 2.20. The van der Waals surface area contributed by atoms with Crippen molar-refractivity contribution >= 4 is 17.6 Å². The van der Waals surface area contributed by atoms with E-state index in [0.717, 1.165) is 18.4 Å². The van der Waals surface area contributed by atoms with Crippen LogP contribution >= 0.6 is 0 Å². The Balaban J connectivity index is 1.76. The van der Waals surface area contributed by atoms with Crippen LogP contribution in [-0.4, -0.2) is 66.1 Å². The number of β-amino-alcohol motifs (C(OH)–C–C–N with tert-alkyl or cyclic N) is 1. The number of Topliss-reactive ketones (excluding diaryl/α,β-unsaturated/α-hetero) is 1. The highest BCUT2D eigenvalue weighted by Gasteiger charge is 2.32. The number of ketones is 1. The van der Waals surface area contributed by atoms with E-state index < -0.39 is 18.2 Å². The number of piperazine rings is 1. The van der Waals surface area contributed by atoms with Crippen molar-refractivity contribution in [2.24, 2.45) is 11.7 Å². The minimum absolute atomic E-state index is 0.0238. The van der Waals surface area contributed by atoms with Gasteiger partial charge in [-0.3, -0.25) is 19.7 Å². The molecule has 0 bridgehead atoms. The zero-order valence-electron chi connectivity index (χ0n) is 20.1. The molecule has 0 radical (unpaired) electrons. The predicted molar refractivity (Wildman–Crippen MR) is 134 cm³/mol. The van der Waals surface area contributed by atoms with Crippen LogP contribution < -0.4 is 16.4 Å². The fourth-order valence-corrected chi connectivity index (χ4v) is 4.35. The molecule has 1 aliphatic rings. The smallest absolute Gasteiger partial charge is 0.251 e. The molecule has 2 aromatic rings. The molecule has 5 N–H and O–H groups in total. The van der Waals surface area contributed by atoms with Crippen LogP contribution in [-0.2, 0) is 16.0 Å². The number of benzene rings is 2. The molecule has 1 fully saturated rings. The lowest BCUT2D eigenvalue weighted by atomic mass is 9.90. The third kappa shape index (κ3) is 8.28. The quantitative estimate of drug-likeness (QED) is 0.341. The van der Waals surface area contributed by atoms with Crippen LogP contribution in [0.3, 0.4) is 0 Å². The second-order valence-corrected chi connectivity index (χ2v) is 8.99. The molecular weight excluding hydrogens is 444 g/mol. The summed E-state index contributed by atoms with van der Waals surface area (Å²) in [6.45, 7) is 1.69. The van der Waals surface area contributed by atoms with Crippen LogP contribution in [0.5, 0.6) is 0 Å². The number of hydrogen-bond acceptors (Lipinski definition) is 6. The molecule has 3 rings (SSSR count). The zero-order valence-corrected chi connectivity index (χ0v) is 20.1. The number of hydrogen-bond donors (Lipinski definition) is 4. The van der Waals surface area contributed by atoms with Crippen LogP contribution in [0.15, 0.2) is 60.7 Å². The maximum absolute atomic E-state index is 13.5. The summed E-state index contributed by atoms with van der Waals surface area (Å²) < 4.78 is 0. The lowest BCUT2D eigenvalue weighted by molar-refractivity contribution is -0.141. The first-order valence-corrected chi connectivity index (χ1v) is 12.3. The SMILES string of the molecule is NCCCC[C@H](CC(=O)[C@H](Cc1ccccc1)NC(=O)c1ccccc1)C(=O)N1CCN[C@H](O)C1. The summed E-state index contributed by atoms with van der Waals surface area (Å²) in [6.07, 6.45) is 1.62. The molecule has 1 heterocycles. The van der Waals surface area contributed by atoms with E-state index >= 15 is 0 Å². The highest BCUT2D eigenvalue weighted by molar-refractivity contribution is 5.98. The average molecular weight is 481 g/mol. The van der Waals surface area contributed by atoms with Crippen molar-refractivity contribution in [2.45, 2.75) is 44.4 Å². The fraction of sp³-hybridized carbons (Fsp3) is 0.444. The molecule has 35 heavy (non-hydrogen) atoms. The number of rotatable bonds is 12. The molecule has 8 heteroatoms. The van der Waals surface area contributed by atoms with E-state index in [1.165, 1.54) is 0 Å². The largest absolute Gasteiger partial charge is 0.377 e. The molecule has 0 aromatic heterocycles. The Hall–Kier alpha value is -3.07. The number of nitrogens with zero attached hydrogens (tertiary/aromatic N) is 1. The number of carbonyl (C=O) groups excluding carboxylic acids is 3. The average Bonchev–Trinajstić information content (AvgIpc) is 2.88. The third-order valence-corrected chi connectivity index (χ3v) is 6.28. The molecule has 1 aliphatic heterocycles. The van der Waals surface area contributed by atoms with Crippen molar-refractivity contribution in [1.82, 2.24) is 15.5 Å². The summed E-state index contributed by atoms with van der Waals surface area (Å²) in [5.41, 5.74) is 7.05. The lowest BCUT2D eigenvalue weighted by Crippen LogP contribution is -2.54. The van der Waals surface area contributed by atoms with Gasteiger partial charge in [0.1, 0.15) is 6.23 Å². The Morgan fingerprint density at radius 3 is 2.40 bits per heavy atom. The molecule has 2 amide bonds. The normalized spacial score (nSPS) is 17.4. The summed E-state index contributed by atoms with van der Waals surface area (Å²) in [7, 11) is 0. The van der Waals surface area contributed by atoms with Gasteiger partial charge in [-0.05, 0) is 43.5 Å². The molecule has 3 atom stereocenters. The summed E-state index contributed by atoms with van der Waals surface area (Å²) in [6, 6.07) is 17.5. The van der Waals surface area contributed by atoms with Crippen molar-refractivity contribution in [2.75, 3.05) is 26.2 Å². The number of nitrogens with two attached hydrogens (primary N) is 1. The fourth-order valence-electron chi connectivity index (χ4n) is 4.35. The van der Waals surface area contributed by atoms with Crippen molar-refractivity contribution in [3.8, 4) is 0 Å². The minimum atomic E-state index is -0.774. The van der Waals surface area contributed by atoms with Crippen LogP contribution in [0.4, 0.5) is 0 Å². The van der Waals surface area contributed by atoms with Crippen LogP contribution in [0.1, 0.15) is 41.6 Å². The number of aliphatic hydroxyl groups is 1. The van der Waals surface area contributed by atoms with Crippen LogP contribution in [0.25, 0.3) is 0 Å². The first kappa shape index (κ1) is 26.5. The van der Waals surface area contributed by atoms with Crippen molar-refractivity contribution in [3.05, 3.63) is 71.8 Å². The topological polar surface area (TPSA) is 125 Å². The minimum Gasteiger partial charge on any atom is -0.377 e. The van der Waals surface area contributed by atoms with E-state index in [2.05, 4.69) is 10.6 Å². The van der Waals surface area contributed by atoms with Gasteiger partial charge in [-0.25, -0.2) is 0 Å². The third-order valence-electron chi connectivity index (χ3n) is 6.28. The maximum atomic E-state index is 13.5. The van der Waals surface area contributed by atoms with Gasteiger partial charge < -0.3 is 21.1 Å². The van der Waals surface area contributed by atoms with Gasteiger partial charge in [0.15, 0.2) is 5.78 Å². The Bertz CT molecular complexity index is 954. The van der Waals surface area contributed by atoms with E-state index in [4.69, 9.17) is 5.73 Å². The van der Waals surface area contributed by atoms with E-state index in [1.54, 1.807) is 29.2 Å². The van der Waals surface area contributed by atoms with Gasteiger partial charge in [0, 0.05) is 31.0 Å². The van der Waals surface area contributed by atoms with E-state index in [-0.39, 0.29) is 30.6 Å². The summed E-state index contributed by atoms with van der Waals surface area (Å²) >= 11 is 0. The zero-order chi connectivity index (χ0) is 25.0. The molecule has 1 saturated heterocycles. The molecule has 0 saturated carbocycles. The lowest BCUT2D eigenvalue weighted by Gasteiger charge is -2.34. The Labute approximate surface area is 206 Å². The monoisotopic (exact) mass is 480 g/mol. The molecule has 2 aromatic carbocycles. The molecule has 0 aliphatic carbocycles. The van der Waals surface area contributed by atoms with Gasteiger partial charge in [0.2, 0.25) is 5.91 Å². The van der Waals surface area contributed by atoms with Crippen molar-refractivity contribution < 1.29 is 19.5 Å². The molecule has 8 nitrogen and oxygen atoms in total. The number of aliphatic hydroxyl groups excluding tert-OH is 1. The van der Waals surface area contributed by atoms with Gasteiger partial charge in [0.25, 0.3) is 5.91 Å². The second kappa shape index (κ2) is 13.7. The standard InChI is InChI=1S/C27H36N4O4/c28-14-8-7-13-22(27(35)31-16-15-29-25(33)19-31)18-24(32)23(17-20-9-3-1-4-10-20)30-26(34)21-11-5-2-6-12-21/h1-6,9-12,22-23,25,29,33H,7-8,13-19,28H2,(H,30,34)/t22-,23+,25-/m1/s1. The second-order valence-electron chi connectivity index (χ2n) is 8.99. The first-order valence-electron chi connectivity index (χ1n) is 12.3. The van der Waals surface area contributed by atoms with Gasteiger partial charge in [-0.1, -0.05) is 55.0 Å². The van der Waals surface area contributed by atoms with Gasteiger partial charge >= 0.3 is 0 Å². The van der Waals surface area contributed by atoms with E-state index in [0.29, 0.717) is 38.0 Å². The van der Waals surface area contributed by atoms with Gasteiger partial charge in [-0.2, -0.15) is 0 Å². The van der Waals surface area contributed by atoms with Crippen molar-refractivity contribution in [1.29, 1.82) is 0 Å². The van der Waals surface area contributed by atoms with Gasteiger partial charge in [0.05, 0.1) is 12.6 Å². The highest BCUT2D eigenvalue weighted by atomic mass is 16.3. The maximum Gasteiger partial charge on any atom is 0.251 e. The first-order chi connectivity index (χ1) is 17.0. The van der Waals surface area contributed by atoms with Crippen LogP contribution in [0.2, 0.25) is 0 Å². The summed E-state index contributed by atoms with van der Waals surface area (Å²) in [4.78, 5) is 41.3. The molecule has 188 valence electrons. The number of nitrogens with one attached hydrogen (secondary N) is 2. The summed E-state index contributed by atoms with van der Waals surface area (Å²) in [5.74, 6) is -1.16. The molecule has 0 spiro atoms. The van der Waals surface area contributed by atoms with E-state index in [1.807, 2.05) is 36.4 Å². The van der Waals surface area contributed by atoms with Gasteiger partial charge in [-0.15, -0.1) is 0 Å². The number of unbranched alkanes of at least 4 members (excludes halogenated alkanes) is 1. The Morgan fingerprint density at radius 2 is 1.74 bits per heavy atom. The molecule has 0 unspecified atom stereocenters.